The average molecular weight is 422 g/mol. The summed E-state index contributed by atoms with van der Waals surface area (Å²) in [5.41, 5.74) is 3.62. The van der Waals surface area contributed by atoms with E-state index < -0.39 is 5.82 Å². The lowest BCUT2D eigenvalue weighted by Gasteiger charge is -2.36. The van der Waals surface area contributed by atoms with Crippen molar-refractivity contribution in [2.24, 2.45) is 0 Å². The van der Waals surface area contributed by atoms with Crippen LogP contribution >= 0.6 is 0 Å². The predicted molar refractivity (Wildman–Crippen MR) is 122 cm³/mol. The zero-order valence-corrected chi connectivity index (χ0v) is 18.5. The van der Waals surface area contributed by atoms with Crippen LogP contribution in [0, 0.1) is 5.82 Å². The number of hydrogen-bond acceptors (Lipinski definition) is 3. The molecule has 6 heteroatoms. The number of amides is 1. The number of nitrogens with one attached hydrogen (secondary N) is 1. The molecule has 0 radical (unpaired) electrons. The number of carbonyl (C=O) groups excluding carboxylic acids is 2. The van der Waals surface area contributed by atoms with Gasteiger partial charge in [-0.15, -0.1) is 0 Å². The Morgan fingerprint density at radius 1 is 0.968 bits per heavy atom. The minimum atomic E-state index is -0.405. The number of piperazine rings is 1. The summed E-state index contributed by atoms with van der Waals surface area (Å²) in [7, 11) is 0. The molecule has 5 nitrogen and oxygen atoms in total. The van der Waals surface area contributed by atoms with E-state index in [2.05, 4.69) is 44.0 Å². The Morgan fingerprint density at radius 2 is 1.68 bits per heavy atom. The van der Waals surface area contributed by atoms with Crippen molar-refractivity contribution in [1.29, 1.82) is 0 Å². The van der Waals surface area contributed by atoms with Crippen molar-refractivity contribution in [2.45, 2.75) is 33.1 Å². The summed E-state index contributed by atoms with van der Waals surface area (Å²) < 4.78 is 14.5. The minimum Gasteiger partial charge on any atom is -0.366 e. The second kappa shape index (κ2) is 7.84. The van der Waals surface area contributed by atoms with Gasteiger partial charge in [0, 0.05) is 42.6 Å². The van der Waals surface area contributed by atoms with E-state index in [1.807, 2.05) is 11.0 Å². The van der Waals surface area contributed by atoms with Gasteiger partial charge in [0.15, 0.2) is 5.78 Å². The van der Waals surface area contributed by atoms with Gasteiger partial charge >= 0.3 is 0 Å². The van der Waals surface area contributed by atoms with Gasteiger partial charge in [-0.05, 0) is 48.2 Å². The fourth-order valence-electron chi connectivity index (χ4n) is 4.01. The highest BCUT2D eigenvalue weighted by atomic mass is 19.1. The second-order valence-electron chi connectivity index (χ2n) is 9.24. The van der Waals surface area contributed by atoms with Gasteiger partial charge in [-0.3, -0.25) is 9.59 Å². The highest BCUT2D eigenvalue weighted by Crippen LogP contribution is 2.27. The van der Waals surface area contributed by atoms with Gasteiger partial charge in [-0.25, -0.2) is 4.39 Å². The van der Waals surface area contributed by atoms with Gasteiger partial charge in [-0.2, -0.15) is 0 Å². The van der Waals surface area contributed by atoms with Crippen LogP contribution in [-0.2, 0) is 5.41 Å². The molecule has 2 aromatic carbocycles. The minimum absolute atomic E-state index is 0.0394. The summed E-state index contributed by atoms with van der Waals surface area (Å²) in [6.07, 6.45) is 0. The molecule has 0 spiro atoms. The molecular weight excluding hydrogens is 393 g/mol. The van der Waals surface area contributed by atoms with Crippen LogP contribution in [0.4, 0.5) is 10.1 Å². The Kier molecular flexibility index (Phi) is 5.33. The third-order valence-electron chi connectivity index (χ3n) is 5.98. The highest BCUT2D eigenvalue weighted by molar-refractivity contribution is 5.98. The molecule has 1 amide bonds. The van der Waals surface area contributed by atoms with Gasteiger partial charge < -0.3 is 14.8 Å². The van der Waals surface area contributed by atoms with Gasteiger partial charge in [0.05, 0.1) is 5.69 Å². The average Bonchev–Trinajstić information content (AvgIpc) is 3.16. The van der Waals surface area contributed by atoms with Crippen LogP contribution < -0.4 is 4.90 Å². The van der Waals surface area contributed by atoms with E-state index in [1.165, 1.54) is 18.6 Å². The van der Waals surface area contributed by atoms with Crippen LogP contribution in [0.2, 0.25) is 0 Å². The molecule has 4 rings (SSSR count). The van der Waals surface area contributed by atoms with Crippen molar-refractivity contribution < 1.29 is 14.0 Å². The highest BCUT2D eigenvalue weighted by Gasteiger charge is 2.25. The summed E-state index contributed by atoms with van der Waals surface area (Å²) in [4.78, 5) is 31.5. The fraction of sp³-hybridized carbons (Fsp3) is 0.360. The first-order valence-corrected chi connectivity index (χ1v) is 10.6. The third kappa shape index (κ3) is 4.20. The summed E-state index contributed by atoms with van der Waals surface area (Å²) in [6.45, 7) is 10.0. The van der Waals surface area contributed by atoms with E-state index in [-0.39, 0.29) is 17.1 Å². The monoisotopic (exact) mass is 421 g/mol. The quantitative estimate of drug-likeness (QED) is 0.620. The molecule has 0 aliphatic carbocycles. The number of benzene rings is 2. The molecule has 1 saturated heterocycles. The first kappa shape index (κ1) is 21.1. The third-order valence-corrected chi connectivity index (χ3v) is 5.98. The topological polar surface area (TPSA) is 56.4 Å². The van der Waals surface area contributed by atoms with Crippen LogP contribution in [-0.4, -0.2) is 47.8 Å². The molecule has 0 unspecified atom stereocenters. The predicted octanol–water partition coefficient (Wildman–Crippen LogP) is 4.77. The molecule has 0 bridgehead atoms. The van der Waals surface area contributed by atoms with Crippen molar-refractivity contribution in [3.63, 3.8) is 0 Å². The van der Waals surface area contributed by atoms with E-state index in [4.69, 9.17) is 0 Å². The smallest absolute Gasteiger partial charge is 0.270 e. The number of aromatic nitrogens is 1. The molecule has 1 aromatic heterocycles. The summed E-state index contributed by atoms with van der Waals surface area (Å²) >= 11 is 0. The maximum Gasteiger partial charge on any atom is 0.270 e. The van der Waals surface area contributed by atoms with E-state index in [0.717, 1.165) is 10.9 Å². The maximum atomic E-state index is 14.5. The second-order valence-corrected chi connectivity index (χ2v) is 9.24. The Morgan fingerprint density at radius 3 is 2.29 bits per heavy atom. The molecule has 1 N–H and O–H groups in total. The number of carbonyl (C=O) groups is 2. The van der Waals surface area contributed by atoms with Crippen molar-refractivity contribution in [3.8, 4) is 0 Å². The van der Waals surface area contributed by atoms with Gasteiger partial charge in [0.2, 0.25) is 0 Å². The summed E-state index contributed by atoms with van der Waals surface area (Å²) in [5, 5.41) is 1.02. The lowest BCUT2D eigenvalue weighted by Crippen LogP contribution is -2.49. The lowest BCUT2D eigenvalue weighted by atomic mass is 9.87. The van der Waals surface area contributed by atoms with Gasteiger partial charge in [-0.1, -0.05) is 32.9 Å². The molecule has 162 valence electrons. The fourth-order valence-corrected chi connectivity index (χ4v) is 4.01. The van der Waals surface area contributed by atoms with Crippen molar-refractivity contribution in [3.05, 3.63) is 65.1 Å². The van der Waals surface area contributed by atoms with Gasteiger partial charge in [0.25, 0.3) is 5.91 Å². The number of H-pyrrole nitrogens is 1. The molecule has 1 aliphatic heterocycles. The van der Waals surface area contributed by atoms with Crippen molar-refractivity contribution in [2.75, 3.05) is 31.1 Å². The van der Waals surface area contributed by atoms with Crippen LogP contribution in [0.1, 0.15) is 54.1 Å². The largest absolute Gasteiger partial charge is 0.366 e. The van der Waals surface area contributed by atoms with E-state index in [0.29, 0.717) is 43.1 Å². The molecule has 0 atom stereocenters. The SMILES string of the molecule is CC(=O)c1ccc(N2CCN(C(=O)c3cc4ccc(C(C)(C)C)cc4[nH]3)CC2)c(F)c1. The molecule has 0 saturated carbocycles. The number of anilines is 1. The maximum absolute atomic E-state index is 14.5. The first-order valence-electron chi connectivity index (χ1n) is 10.6. The van der Waals surface area contributed by atoms with Gasteiger partial charge in [0.1, 0.15) is 11.5 Å². The molecular formula is C25H28FN3O2. The van der Waals surface area contributed by atoms with E-state index >= 15 is 0 Å². The first-order chi connectivity index (χ1) is 14.6. The molecule has 3 aromatic rings. The number of ketones is 1. The zero-order chi connectivity index (χ0) is 22.3. The Balaban J connectivity index is 1.46. The van der Waals surface area contributed by atoms with E-state index in [9.17, 15) is 14.0 Å². The van der Waals surface area contributed by atoms with Crippen LogP contribution in [0.25, 0.3) is 10.9 Å². The van der Waals surface area contributed by atoms with E-state index in [1.54, 1.807) is 17.0 Å². The number of halogens is 1. The standard InChI is InChI=1S/C25H28FN3O2/c1-16(30)17-6-8-23(20(26)13-17)28-9-11-29(12-10-28)24(31)22-14-18-5-7-19(25(2,3)4)15-21(18)27-22/h5-8,13-15,27H,9-12H2,1-4H3. The number of hydrogen-bond donors (Lipinski definition) is 1. The number of rotatable bonds is 3. The van der Waals surface area contributed by atoms with Crippen LogP contribution in [0.5, 0.6) is 0 Å². The zero-order valence-electron chi connectivity index (χ0n) is 18.5. The van der Waals surface area contributed by atoms with Crippen LogP contribution in [0.3, 0.4) is 0 Å². The number of Topliss-reactive ketones (excluding diaryl/α,β-unsaturated/α-hetero) is 1. The summed E-state index contributed by atoms with van der Waals surface area (Å²) in [5.74, 6) is -0.605. The molecule has 2 heterocycles. The molecule has 1 fully saturated rings. The lowest BCUT2D eigenvalue weighted by molar-refractivity contribution is 0.0741. The normalized spacial score (nSPS) is 14.9. The molecule has 31 heavy (non-hydrogen) atoms. The van der Waals surface area contributed by atoms with Crippen molar-refractivity contribution in [1.82, 2.24) is 9.88 Å². The Hall–Kier alpha value is -3.15. The Bertz CT molecular complexity index is 1150. The Labute approximate surface area is 181 Å². The number of fused-ring (bicyclic) bond motifs is 1. The summed E-state index contributed by atoms with van der Waals surface area (Å²) in [6, 6.07) is 12.7. The van der Waals surface area contributed by atoms with Crippen molar-refractivity contribution >= 4 is 28.3 Å². The van der Waals surface area contributed by atoms with Crippen LogP contribution in [0.15, 0.2) is 42.5 Å². The molecule has 1 aliphatic rings. The number of aromatic amines is 1. The number of nitrogens with zero attached hydrogens (tertiary/aromatic N) is 2.